The molecule has 2 aromatic heterocycles. The summed E-state index contributed by atoms with van der Waals surface area (Å²) in [4.78, 5) is 34.0. The number of benzene rings is 1. The van der Waals surface area contributed by atoms with Crippen LogP contribution in [0.15, 0.2) is 42.6 Å². The minimum absolute atomic E-state index is 0.0679. The molecular weight excluding hydrogens is 388 g/mol. The third-order valence-corrected chi connectivity index (χ3v) is 5.41. The Labute approximate surface area is 164 Å². The third kappa shape index (κ3) is 4.12. The Morgan fingerprint density at radius 2 is 2.11 bits per heavy atom. The number of carbonyl (C=O) groups excluding carboxylic acids is 1. The van der Waals surface area contributed by atoms with Gasteiger partial charge in [0.05, 0.1) is 16.3 Å². The lowest BCUT2D eigenvalue weighted by atomic mass is 10.2. The molecule has 9 heteroatoms. The number of aryl methyl sites for hydroxylation is 1. The quantitative estimate of drug-likeness (QED) is 0.467. The Kier molecular flexibility index (Phi) is 5.48. The molecule has 0 saturated heterocycles. The van der Waals surface area contributed by atoms with E-state index in [1.54, 1.807) is 20.2 Å². The van der Waals surface area contributed by atoms with Crippen molar-refractivity contribution in [2.75, 3.05) is 7.05 Å². The second-order valence-corrected chi connectivity index (χ2v) is 7.25. The van der Waals surface area contributed by atoms with Gasteiger partial charge in [0.25, 0.3) is 11.6 Å². The summed E-state index contributed by atoms with van der Waals surface area (Å²) < 4.78 is 0. The Morgan fingerprint density at radius 1 is 1.33 bits per heavy atom. The van der Waals surface area contributed by atoms with Crippen LogP contribution in [-0.4, -0.2) is 32.7 Å². The number of aromatic nitrogens is 2. The van der Waals surface area contributed by atoms with Gasteiger partial charge in [0.1, 0.15) is 9.88 Å². The molecule has 0 radical (unpaired) electrons. The van der Waals surface area contributed by atoms with Crippen LogP contribution in [0.4, 0.5) is 5.69 Å². The highest BCUT2D eigenvalue weighted by atomic mass is 35.5. The van der Waals surface area contributed by atoms with Crippen molar-refractivity contribution in [3.8, 4) is 10.7 Å². The summed E-state index contributed by atoms with van der Waals surface area (Å²) in [6.07, 6.45) is 1.67. The van der Waals surface area contributed by atoms with Gasteiger partial charge in [0.15, 0.2) is 0 Å². The second kappa shape index (κ2) is 7.81. The third-order valence-electron chi connectivity index (χ3n) is 3.87. The van der Waals surface area contributed by atoms with E-state index < -0.39 is 4.92 Å². The zero-order valence-electron chi connectivity index (χ0n) is 14.5. The van der Waals surface area contributed by atoms with Gasteiger partial charge in [-0.1, -0.05) is 17.7 Å². The largest absolute Gasteiger partial charge is 0.337 e. The lowest BCUT2D eigenvalue weighted by Crippen LogP contribution is -2.26. The first-order valence-electron chi connectivity index (χ1n) is 7.94. The van der Waals surface area contributed by atoms with Crippen molar-refractivity contribution in [3.05, 3.63) is 73.9 Å². The summed E-state index contributed by atoms with van der Waals surface area (Å²) in [5.41, 5.74) is 1.76. The van der Waals surface area contributed by atoms with Crippen LogP contribution in [0.5, 0.6) is 0 Å². The number of amides is 1. The molecular formula is C18H15ClN4O3S. The molecule has 7 nitrogen and oxygen atoms in total. The fourth-order valence-electron chi connectivity index (χ4n) is 2.49. The average Bonchev–Trinajstić information content (AvgIpc) is 3.05. The Morgan fingerprint density at radius 3 is 2.78 bits per heavy atom. The number of non-ortho nitro benzene ring substituents is 1. The highest BCUT2D eigenvalue weighted by Crippen LogP contribution is 2.28. The van der Waals surface area contributed by atoms with Crippen LogP contribution >= 0.6 is 22.9 Å². The number of thiazole rings is 1. The standard InChI is InChI=1S/C18H15ClN4O3S/c1-11-16(27-17(21-11)15-5-3-4-8-20-15)18(24)22(2)10-12-9-13(23(25)26)6-7-14(12)19/h3-9H,10H2,1-2H3. The van der Waals surface area contributed by atoms with Crippen molar-refractivity contribution >= 4 is 34.5 Å². The van der Waals surface area contributed by atoms with Crippen molar-refractivity contribution in [1.82, 2.24) is 14.9 Å². The summed E-state index contributed by atoms with van der Waals surface area (Å²) >= 11 is 7.40. The van der Waals surface area contributed by atoms with Crippen LogP contribution < -0.4 is 0 Å². The van der Waals surface area contributed by atoms with E-state index in [1.165, 1.54) is 34.4 Å². The van der Waals surface area contributed by atoms with Crippen LogP contribution in [0.1, 0.15) is 20.9 Å². The van der Waals surface area contributed by atoms with Gasteiger partial charge >= 0.3 is 0 Å². The molecule has 1 amide bonds. The minimum Gasteiger partial charge on any atom is -0.337 e. The molecule has 0 bridgehead atoms. The summed E-state index contributed by atoms with van der Waals surface area (Å²) in [5.74, 6) is -0.227. The van der Waals surface area contributed by atoms with Gasteiger partial charge in [-0.3, -0.25) is 19.9 Å². The van der Waals surface area contributed by atoms with E-state index in [4.69, 9.17) is 11.6 Å². The number of nitrogens with zero attached hydrogens (tertiary/aromatic N) is 4. The molecule has 1 aromatic carbocycles. The monoisotopic (exact) mass is 402 g/mol. The molecule has 138 valence electrons. The normalized spacial score (nSPS) is 10.6. The van der Waals surface area contributed by atoms with Gasteiger partial charge in [-0.15, -0.1) is 11.3 Å². The number of halogens is 1. The van der Waals surface area contributed by atoms with Crippen LogP contribution in [0.25, 0.3) is 10.7 Å². The zero-order valence-corrected chi connectivity index (χ0v) is 16.1. The molecule has 0 unspecified atom stereocenters. The Balaban J connectivity index is 1.83. The van der Waals surface area contributed by atoms with Gasteiger partial charge in [0, 0.05) is 36.9 Å². The maximum atomic E-state index is 12.8. The Bertz CT molecular complexity index is 1010. The maximum absolute atomic E-state index is 12.8. The van der Waals surface area contributed by atoms with Crippen molar-refractivity contribution in [2.24, 2.45) is 0 Å². The number of nitro benzene ring substituents is 1. The van der Waals surface area contributed by atoms with Crippen LogP contribution in [0.2, 0.25) is 5.02 Å². The highest BCUT2D eigenvalue weighted by molar-refractivity contribution is 7.17. The fraction of sp³-hybridized carbons (Fsp3) is 0.167. The minimum atomic E-state index is -0.492. The summed E-state index contributed by atoms with van der Waals surface area (Å²) in [6.45, 7) is 1.92. The number of pyridine rings is 1. The molecule has 2 heterocycles. The molecule has 27 heavy (non-hydrogen) atoms. The molecule has 3 aromatic rings. The first-order chi connectivity index (χ1) is 12.9. The fourth-order valence-corrected chi connectivity index (χ4v) is 3.71. The lowest BCUT2D eigenvalue weighted by Gasteiger charge is -2.17. The topological polar surface area (TPSA) is 89.2 Å². The van der Waals surface area contributed by atoms with Crippen molar-refractivity contribution < 1.29 is 9.72 Å². The van der Waals surface area contributed by atoms with E-state index >= 15 is 0 Å². The van der Waals surface area contributed by atoms with E-state index in [2.05, 4.69) is 9.97 Å². The molecule has 0 fully saturated rings. The summed E-state index contributed by atoms with van der Waals surface area (Å²) in [7, 11) is 1.62. The molecule has 0 aliphatic heterocycles. The molecule has 0 aliphatic carbocycles. The van der Waals surface area contributed by atoms with Crippen LogP contribution in [-0.2, 0) is 6.54 Å². The SMILES string of the molecule is Cc1nc(-c2ccccn2)sc1C(=O)N(C)Cc1cc([N+](=O)[O-])ccc1Cl. The van der Waals surface area contributed by atoms with E-state index in [0.29, 0.717) is 31.9 Å². The van der Waals surface area contributed by atoms with E-state index in [-0.39, 0.29) is 18.1 Å². The van der Waals surface area contributed by atoms with Gasteiger partial charge in [-0.2, -0.15) is 0 Å². The van der Waals surface area contributed by atoms with Gasteiger partial charge in [-0.25, -0.2) is 4.98 Å². The smallest absolute Gasteiger partial charge is 0.269 e. The molecule has 3 rings (SSSR count). The first kappa shape index (κ1) is 18.9. The predicted octanol–water partition coefficient (Wildman–Crippen LogP) is 4.35. The Hall–Kier alpha value is -2.84. The van der Waals surface area contributed by atoms with Crippen molar-refractivity contribution in [2.45, 2.75) is 13.5 Å². The maximum Gasteiger partial charge on any atom is 0.269 e. The molecule has 0 aliphatic rings. The number of carbonyl (C=O) groups is 1. The van der Waals surface area contributed by atoms with Crippen LogP contribution in [0.3, 0.4) is 0 Å². The lowest BCUT2D eigenvalue weighted by molar-refractivity contribution is -0.384. The predicted molar refractivity (Wildman–Crippen MR) is 104 cm³/mol. The number of rotatable bonds is 5. The van der Waals surface area contributed by atoms with Crippen LogP contribution in [0, 0.1) is 17.0 Å². The number of hydrogen-bond donors (Lipinski definition) is 0. The van der Waals surface area contributed by atoms with E-state index in [1.807, 2.05) is 18.2 Å². The van der Waals surface area contributed by atoms with Crippen molar-refractivity contribution in [1.29, 1.82) is 0 Å². The highest BCUT2D eigenvalue weighted by Gasteiger charge is 2.21. The second-order valence-electron chi connectivity index (χ2n) is 5.84. The molecule has 0 spiro atoms. The number of hydrogen-bond acceptors (Lipinski definition) is 6. The average molecular weight is 403 g/mol. The van der Waals surface area contributed by atoms with Gasteiger partial charge < -0.3 is 4.90 Å². The van der Waals surface area contributed by atoms with Crippen molar-refractivity contribution in [3.63, 3.8) is 0 Å². The van der Waals surface area contributed by atoms with E-state index in [9.17, 15) is 14.9 Å². The first-order valence-corrected chi connectivity index (χ1v) is 9.13. The number of nitro groups is 1. The molecule has 0 atom stereocenters. The van der Waals surface area contributed by atoms with Gasteiger partial charge in [-0.05, 0) is 30.7 Å². The van der Waals surface area contributed by atoms with Gasteiger partial charge in [0.2, 0.25) is 0 Å². The van der Waals surface area contributed by atoms with E-state index in [0.717, 1.165) is 0 Å². The summed E-state index contributed by atoms with van der Waals surface area (Å²) in [6, 6.07) is 9.68. The molecule has 0 N–H and O–H groups in total. The summed E-state index contributed by atoms with van der Waals surface area (Å²) in [5, 5.41) is 12.0. The zero-order chi connectivity index (χ0) is 19.6. The molecule has 0 saturated carbocycles.